The third kappa shape index (κ3) is 2.70. The summed E-state index contributed by atoms with van der Waals surface area (Å²) in [4.78, 5) is 8.77. The van der Waals surface area contributed by atoms with Crippen LogP contribution >= 0.6 is 0 Å². The maximum atomic E-state index is 9.11. The molecule has 98 valence electrons. The zero-order valence-corrected chi connectivity index (χ0v) is 11.4. The van der Waals surface area contributed by atoms with E-state index in [4.69, 9.17) is 11.7 Å². The lowest BCUT2D eigenvalue weighted by molar-refractivity contribution is 0.159. The number of pyridine rings is 1. The molecule has 0 spiro atoms. The average Bonchev–Trinajstić information content (AvgIpc) is 2.47. The van der Waals surface area contributed by atoms with E-state index in [2.05, 4.69) is 40.6 Å². The largest absolute Gasteiger partial charge is 0.353 e. The molecule has 19 heavy (non-hydrogen) atoms. The van der Waals surface area contributed by atoms with Crippen molar-refractivity contribution in [2.75, 3.05) is 31.1 Å². The zero-order chi connectivity index (χ0) is 13.9. The van der Waals surface area contributed by atoms with Crippen LogP contribution in [0.15, 0.2) is 18.3 Å². The van der Waals surface area contributed by atoms with Crippen molar-refractivity contribution in [2.45, 2.75) is 19.4 Å². The molecule has 1 aliphatic rings. The number of hydrogen-bond donors (Lipinski definition) is 0. The molecule has 2 heterocycles. The van der Waals surface area contributed by atoms with E-state index >= 15 is 0 Å². The van der Waals surface area contributed by atoms with Gasteiger partial charge in [-0.2, -0.15) is 5.26 Å². The van der Waals surface area contributed by atoms with Gasteiger partial charge in [-0.1, -0.05) is 5.92 Å². The van der Waals surface area contributed by atoms with Gasteiger partial charge in [0, 0.05) is 32.4 Å². The molecule has 1 aliphatic heterocycles. The summed E-state index contributed by atoms with van der Waals surface area (Å²) in [5, 5.41) is 9.11. The Morgan fingerprint density at radius 3 is 2.58 bits per heavy atom. The second-order valence-electron chi connectivity index (χ2n) is 5.16. The van der Waals surface area contributed by atoms with Gasteiger partial charge in [0.15, 0.2) is 0 Å². The lowest BCUT2D eigenvalue weighted by atomic mass is 10.0. The van der Waals surface area contributed by atoms with Crippen LogP contribution in [-0.4, -0.2) is 41.6 Å². The number of nitriles is 1. The minimum absolute atomic E-state index is 0.214. The van der Waals surface area contributed by atoms with Crippen molar-refractivity contribution < 1.29 is 0 Å². The Labute approximate surface area is 114 Å². The third-order valence-electron chi connectivity index (χ3n) is 3.63. The minimum atomic E-state index is -0.214. The monoisotopic (exact) mass is 254 g/mol. The van der Waals surface area contributed by atoms with Crippen LogP contribution in [0.5, 0.6) is 0 Å². The molecule has 0 radical (unpaired) electrons. The predicted octanol–water partition coefficient (Wildman–Crippen LogP) is 1.49. The zero-order valence-electron chi connectivity index (χ0n) is 11.4. The predicted molar refractivity (Wildman–Crippen MR) is 75.7 cm³/mol. The van der Waals surface area contributed by atoms with E-state index in [1.165, 1.54) is 0 Å². The van der Waals surface area contributed by atoms with Crippen molar-refractivity contribution in [1.29, 1.82) is 5.26 Å². The molecule has 1 aromatic rings. The maximum Gasteiger partial charge on any atom is 0.146 e. The molecule has 0 N–H and O–H groups in total. The van der Waals surface area contributed by atoms with Crippen LogP contribution in [0.2, 0.25) is 0 Å². The normalized spacial score (nSPS) is 16.7. The second kappa shape index (κ2) is 5.30. The van der Waals surface area contributed by atoms with Crippen LogP contribution in [0.25, 0.3) is 0 Å². The first-order valence-electron chi connectivity index (χ1n) is 6.41. The van der Waals surface area contributed by atoms with Crippen molar-refractivity contribution in [3.8, 4) is 18.4 Å². The Kier molecular flexibility index (Phi) is 3.74. The van der Waals surface area contributed by atoms with E-state index in [0.717, 1.165) is 32.0 Å². The Hall–Kier alpha value is -2.04. The highest BCUT2D eigenvalue weighted by atomic mass is 15.3. The highest BCUT2D eigenvalue weighted by molar-refractivity contribution is 5.53. The molecular formula is C15H18N4. The van der Waals surface area contributed by atoms with Gasteiger partial charge in [0.1, 0.15) is 11.9 Å². The standard InChI is InChI=1S/C15H18N4/c1-4-15(2,3)19-10-8-18(9-11-19)14-13(12-16)6-5-7-17-14/h1,5-7H,8-11H2,2-3H3. The van der Waals surface area contributed by atoms with E-state index < -0.39 is 0 Å². The van der Waals surface area contributed by atoms with Crippen LogP contribution in [-0.2, 0) is 0 Å². The maximum absolute atomic E-state index is 9.11. The van der Waals surface area contributed by atoms with Crippen LogP contribution in [0, 0.1) is 23.7 Å². The van der Waals surface area contributed by atoms with Crippen molar-refractivity contribution in [3.05, 3.63) is 23.9 Å². The van der Waals surface area contributed by atoms with Crippen LogP contribution < -0.4 is 4.90 Å². The second-order valence-corrected chi connectivity index (χ2v) is 5.16. The number of aromatic nitrogens is 1. The molecule has 1 aromatic heterocycles. The van der Waals surface area contributed by atoms with Crippen molar-refractivity contribution in [2.24, 2.45) is 0 Å². The fourth-order valence-corrected chi connectivity index (χ4v) is 2.30. The number of nitrogens with zero attached hydrogens (tertiary/aromatic N) is 4. The van der Waals surface area contributed by atoms with Gasteiger partial charge < -0.3 is 4.90 Å². The molecule has 1 saturated heterocycles. The molecule has 1 fully saturated rings. The van der Waals surface area contributed by atoms with Crippen molar-refractivity contribution in [3.63, 3.8) is 0 Å². The summed E-state index contributed by atoms with van der Waals surface area (Å²) in [5.74, 6) is 3.61. The average molecular weight is 254 g/mol. The molecule has 4 heteroatoms. The highest BCUT2D eigenvalue weighted by Crippen LogP contribution is 2.21. The molecule has 0 unspecified atom stereocenters. The van der Waals surface area contributed by atoms with Gasteiger partial charge >= 0.3 is 0 Å². The summed E-state index contributed by atoms with van der Waals surface area (Å²) in [6.45, 7) is 7.58. The van der Waals surface area contributed by atoms with Crippen molar-refractivity contribution >= 4 is 5.82 Å². The summed E-state index contributed by atoms with van der Waals surface area (Å²) >= 11 is 0. The van der Waals surface area contributed by atoms with E-state index in [-0.39, 0.29) is 5.54 Å². The minimum Gasteiger partial charge on any atom is -0.353 e. The fraction of sp³-hybridized carbons (Fsp3) is 0.467. The molecule has 0 bridgehead atoms. The summed E-state index contributed by atoms with van der Waals surface area (Å²) < 4.78 is 0. The third-order valence-corrected chi connectivity index (χ3v) is 3.63. The molecule has 0 aliphatic carbocycles. The summed E-state index contributed by atoms with van der Waals surface area (Å²) in [7, 11) is 0. The molecule has 2 rings (SSSR count). The molecule has 0 saturated carbocycles. The van der Waals surface area contributed by atoms with Gasteiger partial charge in [0.25, 0.3) is 0 Å². The van der Waals surface area contributed by atoms with Gasteiger partial charge in [-0.15, -0.1) is 6.42 Å². The molecule has 0 aromatic carbocycles. The van der Waals surface area contributed by atoms with E-state index in [9.17, 15) is 0 Å². The smallest absolute Gasteiger partial charge is 0.146 e. The van der Waals surface area contributed by atoms with Crippen LogP contribution in [0.3, 0.4) is 0 Å². The first-order chi connectivity index (χ1) is 9.08. The first-order valence-corrected chi connectivity index (χ1v) is 6.41. The molecule has 0 amide bonds. The quantitative estimate of drug-likeness (QED) is 0.750. The Morgan fingerprint density at radius 2 is 2.00 bits per heavy atom. The van der Waals surface area contributed by atoms with E-state index in [0.29, 0.717) is 5.56 Å². The number of hydrogen-bond acceptors (Lipinski definition) is 4. The highest BCUT2D eigenvalue weighted by Gasteiger charge is 2.28. The van der Waals surface area contributed by atoms with Crippen LogP contribution in [0.4, 0.5) is 5.82 Å². The fourth-order valence-electron chi connectivity index (χ4n) is 2.30. The summed E-state index contributed by atoms with van der Waals surface area (Å²) in [6.07, 6.45) is 7.30. The number of piperazine rings is 1. The lowest BCUT2D eigenvalue weighted by Gasteiger charge is -2.41. The van der Waals surface area contributed by atoms with E-state index in [1.54, 1.807) is 18.3 Å². The summed E-state index contributed by atoms with van der Waals surface area (Å²) in [6, 6.07) is 5.79. The number of terminal acetylenes is 1. The topological polar surface area (TPSA) is 43.2 Å². The van der Waals surface area contributed by atoms with Gasteiger partial charge in [0.05, 0.1) is 11.1 Å². The van der Waals surface area contributed by atoms with Crippen molar-refractivity contribution in [1.82, 2.24) is 9.88 Å². The van der Waals surface area contributed by atoms with E-state index in [1.807, 2.05) is 0 Å². The van der Waals surface area contributed by atoms with Crippen LogP contribution in [0.1, 0.15) is 19.4 Å². The Balaban J connectivity index is 2.09. The molecular weight excluding hydrogens is 236 g/mol. The Morgan fingerprint density at radius 1 is 1.32 bits per heavy atom. The Bertz CT molecular complexity index is 528. The summed E-state index contributed by atoms with van der Waals surface area (Å²) in [5.41, 5.74) is 0.418. The number of rotatable bonds is 2. The SMILES string of the molecule is C#CC(C)(C)N1CCN(c2ncccc2C#N)CC1. The first kappa shape index (κ1) is 13.4. The van der Waals surface area contributed by atoms with Gasteiger partial charge in [0.2, 0.25) is 0 Å². The van der Waals surface area contributed by atoms with Gasteiger partial charge in [-0.05, 0) is 26.0 Å². The molecule has 0 atom stereocenters. The van der Waals surface area contributed by atoms with Gasteiger partial charge in [-0.3, -0.25) is 4.90 Å². The van der Waals surface area contributed by atoms with Gasteiger partial charge in [-0.25, -0.2) is 4.98 Å². The lowest BCUT2D eigenvalue weighted by Crippen LogP contribution is -2.54. The molecule has 4 nitrogen and oxygen atoms in total. The number of anilines is 1.